The Hall–Kier alpha value is -3.37. The van der Waals surface area contributed by atoms with Crippen LogP contribution in [-0.4, -0.2) is 26.2 Å². The first-order chi connectivity index (χ1) is 12.7. The van der Waals surface area contributed by atoms with E-state index in [1.54, 1.807) is 13.2 Å². The lowest BCUT2D eigenvalue weighted by Gasteiger charge is -2.10. The second-order valence-electron chi connectivity index (χ2n) is 5.42. The van der Waals surface area contributed by atoms with E-state index in [2.05, 4.69) is 23.1 Å². The Morgan fingerprint density at radius 2 is 1.96 bits per heavy atom. The summed E-state index contributed by atoms with van der Waals surface area (Å²) in [6.07, 6.45) is 6.17. The van der Waals surface area contributed by atoms with Crippen molar-refractivity contribution < 1.29 is 14.3 Å². The number of carbonyl (C=O) groups excluding carboxylic acids is 1. The summed E-state index contributed by atoms with van der Waals surface area (Å²) in [7, 11) is 1.57. The number of aryl methyl sites for hydroxylation is 1. The number of carbonyl (C=O) groups is 1. The summed E-state index contributed by atoms with van der Waals surface area (Å²) >= 11 is 0. The number of nitrogens with one attached hydrogen (secondary N) is 1. The van der Waals surface area contributed by atoms with E-state index in [4.69, 9.17) is 15.9 Å². The van der Waals surface area contributed by atoms with E-state index < -0.39 is 0 Å². The molecule has 0 aliphatic rings. The molecule has 2 aromatic carbocycles. The van der Waals surface area contributed by atoms with E-state index in [0.29, 0.717) is 30.9 Å². The lowest BCUT2D eigenvalue weighted by atomic mass is 10.1. The number of ether oxygens (including phenoxy) is 2. The van der Waals surface area contributed by atoms with Crippen LogP contribution in [0, 0.1) is 24.2 Å². The molecule has 0 radical (unpaired) electrons. The Labute approximate surface area is 154 Å². The van der Waals surface area contributed by atoms with Gasteiger partial charge in [0.1, 0.15) is 6.61 Å². The second kappa shape index (κ2) is 10.5. The van der Waals surface area contributed by atoms with Gasteiger partial charge in [-0.05, 0) is 36.2 Å². The molecule has 0 saturated carbocycles. The minimum absolute atomic E-state index is 0.0426. The molecule has 0 fully saturated rings. The zero-order valence-electron chi connectivity index (χ0n) is 14.7. The SMILES string of the molecule is C#CCOc1ccc(CCC(=O)NCC#Cc2ccccc2)cc1OC. The summed E-state index contributed by atoms with van der Waals surface area (Å²) in [5.41, 5.74) is 1.92. The molecule has 0 bridgehead atoms. The third-order valence-corrected chi connectivity index (χ3v) is 3.56. The molecule has 0 aliphatic carbocycles. The molecule has 0 spiro atoms. The van der Waals surface area contributed by atoms with Gasteiger partial charge in [0.15, 0.2) is 11.5 Å². The van der Waals surface area contributed by atoms with Crippen LogP contribution < -0.4 is 14.8 Å². The smallest absolute Gasteiger partial charge is 0.221 e. The van der Waals surface area contributed by atoms with Crippen molar-refractivity contribution >= 4 is 5.91 Å². The van der Waals surface area contributed by atoms with Crippen LogP contribution in [0.1, 0.15) is 17.5 Å². The Balaban J connectivity index is 1.80. The average Bonchev–Trinajstić information content (AvgIpc) is 2.69. The average molecular weight is 347 g/mol. The Kier molecular flexibility index (Phi) is 7.65. The second-order valence-corrected chi connectivity index (χ2v) is 5.42. The molecule has 2 rings (SSSR count). The highest BCUT2D eigenvalue weighted by Crippen LogP contribution is 2.28. The van der Waals surface area contributed by atoms with Crippen LogP contribution in [0.5, 0.6) is 11.5 Å². The summed E-state index contributed by atoms with van der Waals surface area (Å²) in [4.78, 5) is 11.9. The number of hydrogen-bond acceptors (Lipinski definition) is 3. The molecule has 0 aliphatic heterocycles. The maximum Gasteiger partial charge on any atom is 0.221 e. The van der Waals surface area contributed by atoms with E-state index >= 15 is 0 Å². The zero-order valence-corrected chi connectivity index (χ0v) is 14.7. The maximum atomic E-state index is 11.9. The Bertz CT molecular complexity index is 826. The number of benzene rings is 2. The van der Waals surface area contributed by atoms with Gasteiger partial charge < -0.3 is 14.8 Å². The van der Waals surface area contributed by atoms with Crippen LogP contribution in [0.2, 0.25) is 0 Å². The molecule has 0 atom stereocenters. The van der Waals surface area contributed by atoms with Gasteiger partial charge in [-0.3, -0.25) is 4.79 Å². The number of hydrogen-bond donors (Lipinski definition) is 1. The van der Waals surface area contributed by atoms with Gasteiger partial charge in [-0.25, -0.2) is 0 Å². The molecule has 0 heterocycles. The normalized spacial score (nSPS) is 9.38. The van der Waals surface area contributed by atoms with Crippen LogP contribution in [-0.2, 0) is 11.2 Å². The molecule has 0 saturated heterocycles. The number of terminal acetylenes is 1. The third-order valence-electron chi connectivity index (χ3n) is 3.56. The van der Waals surface area contributed by atoms with Crippen molar-refractivity contribution in [1.82, 2.24) is 5.32 Å². The zero-order chi connectivity index (χ0) is 18.6. The lowest BCUT2D eigenvalue weighted by Crippen LogP contribution is -2.23. The number of amides is 1. The molecule has 0 aromatic heterocycles. The van der Waals surface area contributed by atoms with E-state index in [1.165, 1.54) is 0 Å². The van der Waals surface area contributed by atoms with Gasteiger partial charge in [-0.2, -0.15) is 0 Å². The molecular weight excluding hydrogens is 326 g/mol. The minimum atomic E-state index is -0.0426. The molecule has 4 heteroatoms. The molecule has 1 amide bonds. The third kappa shape index (κ3) is 6.26. The van der Waals surface area contributed by atoms with Gasteiger partial charge in [-0.1, -0.05) is 42.0 Å². The van der Waals surface area contributed by atoms with Gasteiger partial charge in [0.05, 0.1) is 13.7 Å². The monoisotopic (exact) mass is 347 g/mol. The highest BCUT2D eigenvalue weighted by Gasteiger charge is 2.07. The summed E-state index contributed by atoms with van der Waals surface area (Å²) in [5, 5.41) is 2.80. The van der Waals surface area contributed by atoms with Crippen LogP contribution in [0.15, 0.2) is 48.5 Å². The predicted molar refractivity (Wildman–Crippen MR) is 102 cm³/mol. The summed E-state index contributed by atoms with van der Waals surface area (Å²) in [6.45, 7) is 0.512. The van der Waals surface area contributed by atoms with Crippen molar-refractivity contribution in [2.45, 2.75) is 12.8 Å². The quantitative estimate of drug-likeness (QED) is 0.784. The predicted octanol–water partition coefficient (Wildman–Crippen LogP) is 2.81. The fourth-order valence-corrected chi connectivity index (χ4v) is 2.26. The van der Waals surface area contributed by atoms with Crippen LogP contribution in [0.3, 0.4) is 0 Å². The highest BCUT2D eigenvalue weighted by molar-refractivity contribution is 5.76. The van der Waals surface area contributed by atoms with Gasteiger partial charge >= 0.3 is 0 Å². The van der Waals surface area contributed by atoms with E-state index in [9.17, 15) is 4.79 Å². The minimum Gasteiger partial charge on any atom is -0.493 e. The van der Waals surface area contributed by atoms with Gasteiger partial charge in [0.25, 0.3) is 0 Å². The molecule has 2 aromatic rings. The molecular formula is C22H21NO3. The van der Waals surface area contributed by atoms with E-state index in [0.717, 1.165) is 11.1 Å². The fourth-order valence-electron chi connectivity index (χ4n) is 2.26. The first kappa shape index (κ1) is 19.0. The Morgan fingerprint density at radius 1 is 1.15 bits per heavy atom. The molecule has 0 unspecified atom stereocenters. The number of methoxy groups -OCH3 is 1. The van der Waals surface area contributed by atoms with Crippen molar-refractivity contribution in [2.24, 2.45) is 0 Å². The van der Waals surface area contributed by atoms with Crippen molar-refractivity contribution in [3.8, 4) is 35.7 Å². The summed E-state index contributed by atoms with van der Waals surface area (Å²) in [5.74, 6) is 9.51. The number of rotatable bonds is 7. The molecule has 4 nitrogen and oxygen atoms in total. The first-order valence-corrected chi connectivity index (χ1v) is 8.26. The van der Waals surface area contributed by atoms with E-state index in [1.807, 2.05) is 42.5 Å². The standard InChI is InChI=1S/C22H21NO3/c1-3-16-26-20-13-11-19(17-21(20)25-2)12-14-22(24)23-15-7-10-18-8-5-4-6-9-18/h1,4-6,8-9,11,13,17H,12,14-16H2,2H3,(H,23,24). The van der Waals surface area contributed by atoms with Gasteiger partial charge in [0.2, 0.25) is 5.91 Å². The van der Waals surface area contributed by atoms with Crippen molar-refractivity contribution in [3.63, 3.8) is 0 Å². The topological polar surface area (TPSA) is 47.6 Å². The highest BCUT2D eigenvalue weighted by atomic mass is 16.5. The fraction of sp³-hybridized carbons (Fsp3) is 0.227. The largest absolute Gasteiger partial charge is 0.493 e. The first-order valence-electron chi connectivity index (χ1n) is 8.26. The van der Waals surface area contributed by atoms with Gasteiger partial charge in [0, 0.05) is 12.0 Å². The van der Waals surface area contributed by atoms with Crippen molar-refractivity contribution in [3.05, 3.63) is 59.7 Å². The van der Waals surface area contributed by atoms with Crippen LogP contribution in [0.4, 0.5) is 0 Å². The van der Waals surface area contributed by atoms with Crippen LogP contribution in [0.25, 0.3) is 0 Å². The summed E-state index contributed by atoms with van der Waals surface area (Å²) in [6, 6.07) is 15.2. The molecule has 132 valence electrons. The van der Waals surface area contributed by atoms with Gasteiger partial charge in [-0.15, -0.1) is 6.42 Å². The Morgan fingerprint density at radius 3 is 2.69 bits per heavy atom. The lowest BCUT2D eigenvalue weighted by molar-refractivity contribution is -0.120. The van der Waals surface area contributed by atoms with Crippen LogP contribution >= 0.6 is 0 Å². The van der Waals surface area contributed by atoms with Crippen molar-refractivity contribution in [2.75, 3.05) is 20.3 Å². The molecule has 26 heavy (non-hydrogen) atoms. The van der Waals surface area contributed by atoms with Crippen molar-refractivity contribution in [1.29, 1.82) is 0 Å². The maximum absolute atomic E-state index is 11.9. The van der Waals surface area contributed by atoms with E-state index in [-0.39, 0.29) is 12.5 Å². The molecule has 1 N–H and O–H groups in total. The summed E-state index contributed by atoms with van der Waals surface area (Å²) < 4.78 is 10.7.